The molecule has 0 saturated carbocycles. The molecule has 1 aliphatic heterocycles. The monoisotopic (exact) mass is 286 g/mol. The number of nitrogens with zero attached hydrogens (tertiary/aromatic N) is 1. The summed E-state index contributed by atoms with van der Waals surface area (Å²) in [5.41, 5.74) is 1.02. The summed E-state index contributed by atoms with van der Waals surface area (Å²) in [6.07, 6.45) is 2.54. The van der Waals surface area contributed by atoms with E-state index in [0.29, 0.717) is 6.54 Å². The summed E-state index contributed by atoms with van der Waals surface area (Å²) in [5, 5.41) is 2.74. The van der Waals surface area contributed by atoms with Crippen LogP contribution in [0.5, 0.6) is 5.75 Å². The normalized spacial score (nSPS) is 14.3. The second-order valence-electron chi connectivity index (χ2n) is 5.17. The minimum Gasteiger partial charge on any atom is -0.484 e. The second-order valence-corrected chi connectivity index (χ2v) is 5.17. The number of nitrogens with one attached hydrogen (secondary N) is 1. The zero-order valence-electron chi connectivity index (χ0n) is 12.5. The quantitative estimate of drug-likeness (QED) is 0.836. The first-order chi connectivity index (χ1) is 10.3. The van der Waals surface area contributed by atoms with Gasteiger partial charge in [-0.1, -0.05) is 30.0 Å². The Labute approximate surface area is 126 Å². The van der Waals surface area contributed by atoms with Crippen molar-refractivity contribution < 1.29 is 9.53 Å². The number of carbonyl (C=O) groups excluding carboxylic acids is 1. The van der Waals surface area contributed by atoms with Crippen molar-refractivity contribution in [3.05, 3.63) is 29.8 Å². The summed E-state index contributed by atoms with van der Waals surface area (Å²) < 4.78 is 5.47. The van der Waals surface area contributed by atoms with Crippen molar-refractivity contribution >= 4 is 5.91 Å². The van der Waals surface area contributed by atoms with Crippen molar-refractivity contribution in [3.63, 3.8) is 0 Å². The summed E-state index contributed by atoms with van der Waals surface area (Å²) in [5.74, 6) is 6.66. The van der Waals surface area contributed by atoms with Crippen LogP contribution in [0.1, 0.15) is 18.4 Å². The molecule has 1 aliphatic rings. The fraction of sp³-hybridized carbons (Fsp3) is 0.471. The minimum absolute atomic E-state index is 0.0264. The van der Waals surface area contributed by atoms with Gasteiger partial charge in [-0.3, -0.25) is 9.69 Å². The molecule has 0 atom stereocenters. The molecule has 21 heavy (non-hydrogen) atoms. The Morgan fingerprint density at radius 3 is 2.81 bits per heavy atom. The van der Waals surface area contributed by atoms with Gasteiger partial charge in [-0.2, -0.15) is 0 Å². The lowest BCUT2D eigenvalue weighted by Crippen LogP contribution is -2.29. The van der Waals surface area contributed by atoms with Crippen molar-refractivity contribution in [1.29, 1.82) is 0 Å². The molecule has 1 aromatic carbocycles. The number of likely N-dealkylation sites (tertiary alicyclic amines) is 1. The van der Waals surface area contributed by atoms with Crippen LogP contribution < -0.4 is 10.1 Å². The summed E-state index contributed by atoms with van der Waals surface area (Å²) >= 11 is 0. The van der Waals surface area contributed by atoms with Gasteiger partial charge in [0.25, 0.3) is 5.91 Å². The number of hydrogen-bond donors (Lipinski definition) is 1. The van der Waals surface area contributed by atoms with E-state index in [1.165, 1.54) is 12.8 Å². The zero-order chi connectivity index (χ0) is 14.9. The zero-order valence-corrected chi connectivity index (χ0v) is 12.5. The number of para-hydroxylation sites is 1. The number of carbonyl (C=O) groups is 1. The van der Waals surface area contributed by atoms with Crippen LogP contribution in [-0.4, -0.2) is 43.6 Å². The highest BCUT2D eigenvalue weighted by Gasteiger charge is 2.08. The maximum Gasteiger partial charge on any atom is 0.258 e. The topological polar surface area (TPSA) is 41.6 Å². The molecule has 1 saturated heterocycles. The number of rotatable bonds is 5. The molecule has 1 N–H and O–H groups in total. The fourth-order valence-corrected chi connectivity index (χ4v) is 2.23. The third-order valence-electron chi connectivity index (χ3n) is 3.45. The third kappa shape index (κ3) is 5.49. The van der Waals surface area contributed by atoms with Gasteiger partial charge in [0, 0.05) is 0 Å². The average Bonchev–Trinajstić information content (AvgIpc) is 2.99. The van der Waals surface area contributed by atoms with Crippen LogP contribution in [0.15, 0.2) is 24.3 Å². The largest absolute Gasteiger partial charge is 0.484 e. The van der Waals surface area contributed by atoms with E-state index in [4.69, 9.17) is 4.74 Å². The van der Waals surface area contributed by atoms with Crippen LogP contribution in [-0.2, 0) is 4.79 Å². The van der Waals surface area contributed by atoms with E-state index >= 15 is 0 Å². The first-order valence-corrected chi connectivity index (χ1v) is 7.39. The molecule has 2 rings (SSSR count). The average molecular weight is 286 g/mol. The number of ether oxygens (including phenoxy) is 1. The van der Waals surface area contributed by atoms with E-state index in [2.05, 4.69) is 22.1 Å². The highest BCUT2D eigenvalue weighted by Crippen LogP contribution is 2.15. The Morgan fingerprint density at radius 1 is 1.29 bits per heavy atom. The van der Waals surface area contributed by atoms with Crippen molar-refractivity contribution in [2.24, 2.45) is 0 Å². The SMILES string of the molecule is Cc1ccccc1OCC(=O)NCC#CCN1CCCC1. The predicted molar refractivity (Wildman–Crippen MR) is 83.1 cm³/mol. The smallest absolute Gasteiger partial charge is 0.258 e. The highest BCUT2D eigenvalue weighted by molar-refractivity contribution is 5.77. The molecule has 1 aromatic rings. The van der Waals surface area contributed by atoms with Gasteiger partial charge in [0.1, 0.15) is 5.75 Å². The molecule has 1 fully saturated rings. The molecule has 0 unspecified atom stereocenters. The second kappa shape index (κ2) is 8.33. The number of benzene rings is 1. The van der Waals surface area contributed by atoms with Crippen LogP contribution in [0.4, 0.5) is 0 Å². The Morgan fingerprint density at radius 2 is 2.05 bits per heavy atom. The molecule has 0 aliphatic carbocycles. The van der Waals surface area contributed by atoms with Gasteiger partial charge in [-0.05, 0) is 44.5 Å². The Hall–Kier alpha value is -1.99. The van der Waals surface area contributed by atoms with Gasteiger partial charge in [-0.15, -0.1) is 0 Å². The Bertz CT molecular complexity index is 525. The lowest BCUT2D eigenvalue weighted by atomic mass is 10.2. The molecule has 1 amide bonds. The van der Waals surface area contributed by atoms with Gasteiger partial charge in [-0.25, -0.2) is 0 Å². The fourth-order valence-electron chi connectivity index (χ4n) is 2.23. The van der Waals surface area contributed by atoms with Crippen LogP contribution in [0, 0.1) is 18.8 Å². The maximum absolute atomic E-state index is 11.6. The van der Waals surface area contributed by atoms with Crippen molar-refractivity contribution in [1.82, 2.24) is 10.2 Å². The number of hydrogen-bond acceptors (Lipinski definition) is 3. The highest BCUT2D eigenvalue weighted by atomic mass is 16.5. The first-order valence-electron chi connectivity index (χ1n) is 7.39. The molecule has 112 valence electrons. The molecular weight excluding hydrogens is 264 g/mol. The Balaban J connectivity index is 1.61. The third-order valence-corrected chi connectivity index (χ3v) is 3.45. The van der Waals surface area contributed by atoms with E-state index in [1.54, 1.807) is 0 Å². The number of amides is 1. The summed E-state index contributed by atoms with van der Waals surface area (Å²) in [6, 6.07) is 7.65. The van der Waals surface area contributed by atoms with E-state index < -0.39 is 0 Å². The van der Waals surface area contributed by atoms with Crippen LogP contribution in [0.3, 0.4) is 0 Å². The van der Waals surface area contributed by atoms with Gasteiger partial charge in [0.05, 0.1) is 13.1 Å². The molecule has 0 spiro atoms. The summed E-state index contributed by atoms with van der Waals surface area (Å²) in [7, 11) is 0. The minimum atomic E-state index is -0.145. The lowest BCUT2D eigenvalue weighted by Gasteiger charge is -2.09. The molecule has 0 bridgehead atoms. The van der Waals surface area contributed by atoms with Crippen molar-refractivity contribution in [2.75, 3.05) is 32.8 Å². The van der Waals surface area contributed by atoms with Crippen LogP contribution >= 0.6 is 0 Å². The van der Waals surface area contributed by atoms with Gasteiger partial charge >= 0.3 is 0 Å². The van der Waals surface area contributed by atoms with E-state index in [9.17, 15) is 4.79 Å². The van der Waals surface area contributed by atoms with E-state index in [-0.39, 0.29) is 12.5 Å². The van der Waals surface area contributed by atoms with Crippen molar-refractivity contribution in [2.45, 2.75) is 19.8 Å². The molecular formula is C17H22N2O2. The van der Waals surface area contributed by atoms with Crippen molar-refractivity contribution in [3.8, 4) is 17.6 Å². The van der Waals surface area contributed by atoms with Gasteiger partial charge in [0.2, 0.25) is 0 Å². The van der Waals surface area contributed by atoms with Crippen LogP contribution in [0.25, 0.3) is 0 Å². The maximum atomic E-state index is 11.6. The predicted octanol–water partition coefficient (Wildman–Crippen LogP) is 1.59. The van der Waals surface area contributed by atoms with Crippen LogP contribution in [0.2, 0.25) is 0 Å². The Kier molecular flexibility index (Phi) is 6.11. The van der Waals surface area contributed by atoms with Gasteiger partial charge in [0.15, 0.2) is 6.61 Å². The van der Waals surface area contributed by atoms with E-state index in [0.717, 1.165) is 30.9 Å². The summed E-state index contributed by atoms with van der Waals surface area (Å²) in [6.45, 7) is 5.45. The lowest BCUT2D eigenvalue weighted by molar-refractivity contribution is -0.122. The van der Waals surface area contributed by atoms with Gasteiger partial charge < -0.3 is 10.1 Å². The molecule has 4 heteroatoms. The number of aryl methyl sites for hydroxylation is 1. The molecule has 0 radical (unpaired) electrons. The molecule has 4 nitrogen and oxygen atoms in total. The standard InChI is InChI=1S/C17H22N2O2/c1-15-8-2-3-9-16(15)21-14-17(20)18-10-4-5-11-19-12-6-7-13-19/h2-3,8-9H,6-7,10-14H2,1H3,(H,18,20). The van der Waals surface area contributed by atoms with E-state index in [1.807, 2.05) is 31.2 Å². The first kappa shape index (κ1) is 15.4. The molecule has 1 heterocycles. The summed E-state index contributed by atoms with van der Waals surface area (Å²) in [4.78, 5) is 14.0. The molecule has 0 aromatic heterocycles.